The first kappa shape index (κ1) is 23.3. The molecule has 2 heterocycles. The summed E-state index contributed by atoms with van der Waals surface area (Å²) in [4.78, 5) is 34.4. The summed E-state index contributed by atoms with van der Waals surface area (Å²) in [5.41, 5.74) is 16.4. The molecule has 0 unspecified atom stereocenters. The Morgan fingerprint density at radius 3 is 2.50 bits per heavy atom. The van der Waals surface area contributed by atoms with Gasteiger partial charge in [0.1, 0.15) is 0 Å². The summed E-state index contributed by atoms with van der Waals surface area (Å²) >= 11 is 0. The van der Waals surface area contributed by atoms with Gasteiger partial charge in [-0.15, -0.1) is 0 Å². The van der Waals surface area contributed by atoms with Gasteiger partial charge in [0.25, 0.3) is 11.5 Å². The minimum Gasteiger partial charge on any atom is -0.398 e. The molecule has 1 aliphatic heterocycles. The van der Waals surface area contributed by atoms with E-state index in [9.17, 15) is 9.59 Å². The second-order valence-electron chi connectivity index (χ2n) is 8.56. The molecule has 5 N–H and O–H groups in total. The fraction of sp³-hybridized carbons (Fsp3) is 0.320. The lowest BCUT2D eigenvalue weighted by Gasteiger charge is -2.34. The Labute approximate surface area is 199 Å². The van der Waals surface area contributed by atoms with Gasteiger partial charge in [0.2, 0.25) is 0 Å². The number of carbonyl (C=O) groups is 1. The van der Waals surface area contributed by atoms with Crippen LogP contribution in [0.25, 0.3) is 11.3 Å². The lowest BCUT2D eigenvalue weighted by Crippen LogP contribution is -2.48. The van der Waals surface area contributed by atoms with Gasteiger partial charge in [-0.1, -0.05) is 19.1 Å². The van der Waals surface area contributed by atoms with Crippen molar-refractivity contribution >= 4 is 28.8 Å². The maximum Gasteiger partial charge on any atom is 0.293 e. The van der Waals surface area contributed by atoms with Crippen molar-refractivity contribution in [3.63, 3.8) is 0 Å². The predicted molar refractivity (Wildman–Crippen MR) is 136 cm³/mol. The first-order valence-corrected chi connectivity index (χ1v) is 11.4. The molecule has 4 rings (SSSR count). The van der Waals surface area contributed by atoms with Gasteiger partial charge in [0.05, 0.1) is 11.3 Å². The van der Waals surface area contributed by atoms with E-state index >= 15 is 0 Å². The van der Waals surface area contributed by atoms with Crippen molar-refractivity contribution in [2.75, 3.05) is 49.5 Å². The number of hydrogen-bond acceptors (Lipinski definition) is 7. The molecule has 3 aromatic rings. The normalized spacial score (nSPS) is 14.3. The monoisotopic (exact) mass is 461 g/mol. The quantitative estimate of drug-likeness (QED) is 0.499. The van der Waals surface area contributed by atoms with E-state index in [0.717, 1.165) is 30.8 Å². The van der Waals surface area contributed by atoms with Crippen LogP contribution in [0.1, 0.15) is 22.8 Å². The van der Waals surface area contributed by atoms with Gasteiger partial charge in [-0.25, -0.2) is 4.98 Å². The van der Waals surface area contributed by atoms with Crippen LogP contribution in [0, 0.1) is 6.92 Å². The number of likely N-dealkylation sites (N-methyl/N-ethyl adjacent to an activating group) is 1. The summed E-state index contributed by atoms with van der Waals surface area (Å²) in [6.45, 7) is 8.11. The smallest absolute Gasteiger partial charge is 0.293 e. The summed E-state index contributed by atoms with van der Waals surface area (Å²) in [7, 11) is 1.68. The van der Waals surface area contributed by atoms with Gasteiger partial charge < -0.3 is 31.2 Å². The fourth-order valence-electron chi connectivity index (χ4n) is 4.16. The molecule has 0 spiro atoms. The highest BCUT2D eigenvalue weighted by molar-refractivity contribution is 6.00. The highest BCUT2D eigenvalue weighted by atomic mass is 16.2. The van der Waals surface area contributed by atoms with E-state index in [-0.39, 0.29) is 17.3 Å². The first-order valence-electron chi connectivity index (χ1n) is 11.4. The van der Waals surface area contributed by atoms with Gasteiger partial charge in [0.15, 0.2) is 5.82 Å². The Balaban J connectivity index is 1.58. The number of nitrogens with zero attached hydrogens (tertiary/aromatic N) is 4. The van der Waals surface area contributed by atoms with Crippen LogP contribution >= 0.6 is 0 Å². The third-order valence-corrected chi connectivity index (χ3v) is 6.37. The number of nitrogens with one attached hydrogen (secondary N) is 1. The molecule has 0 atom stereocenters. The van der Waals surface area contributed by atoms with Crippen LogP contribution in [-0.4, -0.2) is 58.0 Å². The van der Waals surface area contributed by atoms with E-state index in [4.69, 9.17) is 11.5 Å². The molecule has 1 aliphatic rings. The lowest BCUT2D eigenvalue weighted by molar-refractivity contribution is 0.0644. The SMILES string of the molecule is CCN1CCN(C(=O)c2ccc(Nc3nc(-c4cccc(N)c4C)cn(C)c3=O)cc2N)CC1. The van der Waals surface area contributed by atoms with Crippen LogP contribution in [0.5, 0.6) is 0 Å². The van der Waals surface area contributed by atoms with E-state index in [0.29, 0.717) is 41.4 Å². The summed E-state index contributed by atoms with van der Waals surface area (Å²) in [6.07, 6.45) is 1.68. The number of hydrogen-bond donors (Lipinski definition) is 3. The Morgan fingerprint density at radius 2 is 1.82 bits per heavy atom. The molecule has 34 heavy (non-hydrogen) atoms. The van der Waals surface area contributed by atoms with E-state index in [1.54, 1.807) is 31.4 Å². The number of nitrogens with two attached hydrogens (primary N) is 2. The van der Waals surface area contributed by atoms with Gasteiger partial charge in [-0.05, 0) is 43.3 Å². The lowest BCUT2D eigenvalue weighted by atomic mass is 10.0. The van der Waals surface area contributed by atoms with Crippen molar-refractivity contribution < 1.29 is 4.79 Å². The zero-order chi connectivity index (χ0) is 24.4. The van der Waals surface area contributed by atoms with E-state index in [1.165, 1.54) is 4.57 Å². The van der Waals surface area contributed by atoms with Gasteiger partial charge in [0, 0.05) is 62.0 Å². The fourth-order valence-corrected chi connectivity index (χ4v) is 4.16. The number of aromatic nitrogens is 2. The van der Waals surface area contributed by atoms with Crippen LogP contribution in [0.2, 0.25) is 0 Å². The maximum atomic E-state index is 13.0. The van der Waals surface area contributed by atoms with Crippen molar-refractivity contribution in [2.45, 2.75) is 13.8 Å². The molecule has 1 fully saturated rings. The number of benzene rings is 2. The Hall–Kier alpha value is -3.85. The topological polar surface area (TPSA) is 123 Å². The van der Waals surface area contributed by atoms with Gasteiger partial charge in [-0.2, -0.15) is 0 Å². The molecule has 1 aromatic heterocycles. The molecular weight excluding hydrogens is 430 g/mol. The standard InChI is InChI=1S/C25H31N7O2/c1-4-31-10-12-32(13-11-31)24(33)19-9-8-17(14-21(19)27)28-23-25(34)30(3)15-22(29-23)18-6-5-7-20(26)16(18)2/h5-9,14-15H,4,10-13,26-27H2,1-3H3,(H,28,29). The van der Waals surface area contributed by atoms with Crippen molar-refractivity contribution in [2.24, 2.45) is 7.05 Å². The molecule has 1 saturated heterocycles. The largest absolute Gasteiger partial charge is 0.398 e. The summed E-state index contributed by atoms with van der Waals surface area (Å²) in [5.74, 6) is 0.0870. The van der Waals surface area contributed by atoms with Crippen molar-refractivity contribution in [1.29, 1.82) is 0 Å². The highest BCUT2D eigenvalue weighted by Crippen LogP contribution is 2.27. The number of anilines is 4. The van der Waals surface area contributed by atoms with Crippen LogP contribution in [0.3, 0.4) is 0 Å². The number of carbonyl (C=O) groups excluding carboxylic acids is 1. The molecule has 0 radical (unpaired) electrons. The van der Waals surface area contributed by atoms with E-state index < -0.39 is 0 Å². The zero-order valence-corrected chi connectivity index (χ0v) is 19.8. The van der Waals surface area contributed by atoms with E-state index in [2.05, 4.69) is 22.1 Å². The molecule has 9 heteroatoms. The zero-order valence-electron chi connectivity index (χ0n) is 19.8. The van der Waals surface area contributed by atoms with Crippen molar-refractivity contribution in [3.8, 4) is 11.3 Å². The predicted octanol–water partition coefficient (Wildman–Crippen LogP) is 2.44. The minimum absolute atomic E-state index is 0.0759. The second kappa shape index (κ2) is 9.56. The Bertz CT molecular complexity index is 1280. The average Bonchev–Trinajstić information content (AvgIpc) is 2.83. The van der Waals surface area contributed by atoms with Crippen molar-refractivity contribution in [3.05, 3.63) is 64.1 Å². The number of aryl methyl sites for hydroxylation is 1. The maximum absolute atomic E-state index is 13.0. The minimum atomic E-state index is -0.280. The van der Waals surface area contributed by atoms with Crippen molar-refractivity contribution in [1.82, 2.24) is 19.4 Å². The molecular formula is C25H31N7O2. The molecule has 1 amide bonds. The molecule has 0 bridgehead atoms. The van der Waals surface area contributed by atoms with E-state index in [1.807, 2.05) is 30.0 Å². The van der Waals surface area contributed by atoms with Crippen LogP contribution in [0.4, 0.5) is 22.9 Å². The first-order chi connectivity index (χ1) is 16.3. The molecule has 9 nitrogen and oxygen atoms in total. The number of piperazine rings is 1. The number of rotatable bonds is 5. The van der Waals surface area contributed by atoms with Crippen LogP contribution in [0.15, 0.2) is 47.4 Å². The summed E-state index contributed by atoms with van der Waals surface area (Å²) in [6, 6.07) is 10.7. The Morgan fingerprint density at radius 1 is 1.09 bits per heavy atom. The second-order valence-corrected chi connectivity index (χ2v) is 8.56. The molecule has 0 aliphatic carbocycles. The van der Waals surface area contributed by atoms with Gasteiger partial charge >= 0.3 is 0 Å². The number of amides is 1. The summed E-state index contributed by atoms with van der Waals surface area (Å²) in [5, 5.41) is 3.07. The molecule has 0 saturated carbocycles. The average molecular weight is 462 g/mol. The summed E-state index contributed by atoms with van der Waals surface area (Å²) < 4.78 is 1.48. The molecule has 178 valence electrons. The highest BCUT2D eigenvalue weighted by Gasteiger charge is 2.23. The van der Waals surface area contributed by atoms with Crippen LogP contribution < -0.4 is 22.3 Å². The number of nitrogen functional groups attached to an aromatic ring is 2. The van der Waals surface area contributed by atoms with Gasteiger partial charge in [-0.3, -0.25) is 9.59 Å². The Kier molecular flexibility index (Phi) is 6.56. The van der Waals surface area contributed by atoms with Crippen LogP contribution in [-0.2, 0) is 7.05 Å². The molecule has 2 aromatic carbocycles. The third-order valence-electron chi connectivity index (χ3n) is 6.37. The third kappa shape index (κ3) is 4.60.